The Labute approximate surface area is 147 Å². The van der Waals surface area contributed by atoms with Crippen LogP contribution in [-0.4, -0.2) is 57.3 Å². The molecule has 0 N–H and O–H groups in total. The average molecular weight is 371 g/mol. The lowest BCUT2D eigenvalue weighted by atomic mass is 10.1. The molecule has 1 aliphatic rings. The van der Waals surface area contributed by atoms with Crippen LogP contribution in [-0.2, 0) is 33.3 Å². The minimum absolute atomic E-state index is 0.266. The van der Waals surface area contributed by atoms with E-state index < -0.39 is 53.2 Å². The van der Waals surface area contributed by atoms with Gasteiger partial charge in [0, 0.05) is 20.8 Å². The van der Waals surface area contributed by atoms with E-state index in [0.717, 1.165) is 26.4 Å². The molecule has 1 fully saturated rings. The highest BCUT2D eigenvalue weighted by molar-refractivity contribution is 5.68. The number of hydrogen-bond acceptors (Lipinski definition) is 10. The molecule has 0 saturated carbocycles. The summed E-state index contributed by atoms with van der Waals surface area (Å²) in [6.07, 6.45) is -2.00. The highest BCUT2D eigenvalue weighted by Gasteiger charge is 2.51. The predicted octanol–water partition coefficient (Wildman–Crippen LogP) is 0.115. The number of hydrogen-bond donors (Lipinski definition) is 0. The second-order valence-corrected chi connectivity index (χ2v) is 5.45. The van der Waals surface area contributed by atoms with E-state index in [4.69, 9.17) is 18.9 Å². The lowest BCUT2D eigenvalue weighted by Crippen LogP contribution is -2.40. The summed E-state index contributed by atoms with van der Waals surface area (Å²) in [5.74, 6) is -2.37. The second kappa shape index (κ2) is 7.91. The zero-order valence-corrected chi connectivity index (χ0v) is 14.2. The normalized spacial score (nSPS) is 24.7. The monoisotopic (exact) mass is 371 g/mol. The van der Waals surface area contributed by atoms with E-state index in [1.54, 1.807) is 0 Å². The van der Waals surface area contributed by atoms with Crippen LogP contribution in [0, 0.1) is 10.1 Å². The molecule has 1 aromatic heterocycles. The zero-order chi connectivity index (χ0) is 19.4. The fraction of sp³-hybridized carbons (Fsp3) is 0.571. The number of nitro groups is 1. The molecule has 2 heterocycles. The van der Waals surface area contributed by atoms with Gasteiger partial charge in [0.25, 0.3) is 0 Å². The maximum Gasteiger partial charge on any atom is 0.381 e. The van der Waals surface area contributed by atoms with Gasteiger partial charge in [0.05, 0.1) is 0 Å². The fourth-order valence-electron chi connectivity index (χ4n) is 2.49. The van der Waals surface area contributed by atoms with Gasteiger partial charge in [-0.1, -0.05) is 0 Å². The lowest BCUT2D eigenvalue weighted by molar-refractivity contribution is -0.389. The van der Waals surface area contributed by atoms with Crippen molar-refractivity contribution >= 4 is 23.7 Å². The third kappa shape index (κ3) is 4.53. The molecule has 4 atom stereocenters. The third-order valence-corrected chi connectivity index (χ3v) is 3.41. The highest BCUT2D eigenvalue weighted by Crippen LogP contribution is 2.34. The van der Waals surface area contributed by atoms with Crippen molar-refractivity contribution in [3.05, 3.63) is 22.6 Å². The molecule has 0 radical (unpaired) electrons. The van der Waals surface area contributed by atoms with E-state index in [1.165, 1.54) is 11.5 Å². The number of carbonyl (C=O) groups excluding carboxylic acids is 3. The van der Waals surface area contributed by atoms with Crippen molar-refractivity contribution in [2.75, 3.05) is 6.61 Å². The van der Waals surface area contributed by atoms with Gasteiger partial charge >= 0.3 is 23.7 Å². The zero-order valence-electron chi connectivity index (χ0n) is 14.2. The summed E-state index contributed by atoms with van der Waals surface area (Å²) in [5.41, 5.74) is 0. The molecule has 0 unspecified atom stereocenters. The van der Waals surface area contributed by atoms with Crippen LogP contribution in [0.3, 0.4) is 0 Å². The molecule has 26 heavy (non-hydrogen) atoms. The summed E-state index contributed by atoms with van der Waals surface area (Å²) in [6.45, 7) is 3.23. The van der Waals surface area contributed by atoms with Crippen LogP contribution in [0.5, 0.6) is 0 Å². The summed E-state index contributed by atoms with van der Waals surface area (Å²) in [6, 6.07) is 0. The maximum absolute atomic E-state index is 11.5. The molecule has 0 spiro atoms. The van der Waals surface area contributed by atoms with Crippen molar-refractivity contribution in [3.8, 4) is 0 Å². The Morgan fingerprint density at radius 3 is 2.31 bits per heavy atom. The molecule has 1 aliphatic heterocycles. The summed E-state index contributed by atoms with van der Waals surface area (Å²) in [4.78, 5) is 47.7. The Hall–Kier alpha value is -3.02. The first-order valence-electron chi connectivity index (χ1n) is 7.50. The van der Waals surface area contributed by atoms with Crippen LogP contribution in [0.1, 0.15) is 27.0 Å². The van der Waals surface area contributed by atoms with Gasteiger partial charge in [0.15, 0.2) is 18.4 Å². The Kier molecular flexibility index (Phi) is 5.87. The molecule has 0 aliphatic carbocycles. The van der Waals surface area contributed by atoms with E-state index in [0.29, 0.717) is 0 Å². The van der Waals surface area contributed by atoms with E-state index >= 15 is 0 Å². The van der Waals surface area contributed by atoms with Gasteiger partial charge < -0.3 is 29.1 Å². The maximum atomic E-state index is 11.5. The molecule has 1 saturated heterocycles. The number of nitrogens with zero attached hydrogens (tertiary/aromatic N) is 3. The van der Waals surface area contributed by atoms with Crippen molar-refractivity contribution in [2.24, 2.45) is 0 Å². The largest absolute Gasteiger partial charge is 0.463 e. The number of carbonyl (C=O) groups is 3. The number of aromatic nitrogens is 2. The van der Waals surface area contributed by atoms with Crippen LogP contribution >= 0.6 is 0 Å². The smallest absolute Gasteiger partial charge is 0.381 e. The molecule has 12 nitrogen and oxygen atoms in total. The van der Waals surface area contributed by atoms with Crippen LogP contribution in [0.15, 0.2) is 12.5 Å². The van der Waals surface area contributed by atoms with Gasteiger partial charge in [0.1, 0.15) is 18.9 Å². The number of ether oxygens (including phenoxy) is 4. The van der Waals surface area contributed by atoms with Crippen molar-refractivity contribution in [2.45, 2.75) is 45.3 Å². The molecule has 12 heteroatoms. The van der Waals surface area contributed by atoms with E-state index in [9.17, 15) is 24.5 Å². The molecular formula is C14H17N3O9. The number of esters is 3. The summed E-state index contributed by atoms with van der Waals surface area (Å²) >= 11 is 0. The van der Waals surface area contributed by atoms with Gasteiger partial charge in [-0.05, 0) is 9.91 Å². The number of imidazole rings is 1. The third-order valence-electron chi connectivity index (χ3n) is 3.41. The van der Waals surface area contributed by atoms with Crippen molar-refractivity contribution < 1.29 is 38.3 Å². The summed E-state index contributed by atoms with van der Waals surface area (Å²) in [5, 5.41) is 10.8. The standard InChI is InChI=1S/C14H17N3O9/c1-7(18)23-5-10-12(24-8(2)19)13(25-9(3)20)14(26-10)16-4-11(15-6-16)17(21)22/h4,6,10,12-14H,5H2,1-3H3/t10-,12-,13-,14-/m1/s1. The van der Waals surface area contributed by atoms with E-state index in [-0.39, 0.29) is 6.61 Å². The number of rotatable bonds is 6. The van der Waals surface area contributed by atoms with Gasteiger partial charge in [-0.15, -0.1) is 0 Å². The lowest BCUT2D eigenvalue weighted by Gasteiger charge is -2.23. The van der Waals surface area contributed by atoms with Gasteiger partial charge in [-0.3, -0.25) is 19.0 Å². The first kappa shape index (κ1) is 19.3. The summed E-state index contributed by atoms with van der Waals surface area (Å²) in [7, 11) is 0. The van der Waals surface area contributed by atoms with E-state index in [1.807, 2.05) is 0 Å². The van der Waals surface area contributed by atoms with Crippen LogP contribution in [0.25, 0.3) is 0 Å². The minimum Gasteiger partial charge on any atom is -0.463 e. The van der Waals surface area contributed by atoms with Crippen molar-refractivity contribution in [1.29, 1.82) is 0 Å². The molecule has 142 valence electrons. The van der Waals surface area contributed by atoms with E-state index in [2.05, 4.69) is 4.98 Å². The molecule has 0 bridgehead atoms. The van der Waals surface area contributed by atoms with Crippen LogP contribution < -0.4 is 0 Å². The van der Waals surface area contributed by atoms with Gasteiger partial charge in [-0.2, -0.15) is 0 Å². The molecule has 1 aromatic rings. The topological polar surface area (TPSA) is 149 Å². The van der Waals surface area contributed by atoms with Crippen molar-refractivity contribution in [3.63, 3.8) is 0 Å². The van der Waals surface area contributed by atoms with Gasteiger partial charge in [0.2, 0.25) is 6.33 Å². The Morgan fingerprint density at radius 2 is 1.81 bits per heavy atom. The fourth-order valence-corrected chi connectivity index (χ4v) is 2.49. The summed E-state index contributed by atoms with van der Waals surface area (Å²) < 4.78 is 22.2. The molecular weight excluding hydrogens is 354 g/mol. The minimum atomic E-state index is -1.12. The first-order chi connectivity index (χ1) is 12.2. The predicted molar refractivity (Wildman–Crippen MR) is 80.5 cm³/mol. The quantitative estimate of drug-likeness (QED) is 0.292. The first-order valence-corrected chi connectivity index (χ1v) is 7.50. The van der Waals surface area contributed by atoms with Gasteiger partial charge in [-0.25, -0.2) is 0 Å². The van der Waals surface area contributed by atoms with Crippen LogP contribution in [0.2, 0.25) is 0 Å². The molecule has 0 amide bonds. The van der Waals surface area contributed by atoms with Crippen LogP contribution in [0.4, 0.5) is 5.82 Å². The Bertz CT molecular complexity index is 716. The highest BCUT2D eigenvalue weighted by atomic mass is 16.7. The molecule has 0 aromatic carbocycles. The Balaban J connectivity index is 2.33. The Morgan fingerprint density at radius 1 is 1.19 bits per heavy atom. The SMILES string of the molecule is CC(=O)OC[C@H]1O[C@@H](n2cnc([N+](=O)[O-])c2)[C@H](OC(C)=O)[C@@H]1OC(C)=O. The average Bonchev–Trinajstić information content (AvgIpc) is 3.11. The van der Waals surface area contributed by atoms with Crippen molar-refractivity contribution in [1.82, 2.24) is 9.55 Å². The molecule has 2 rings (SSSR count). The second-order valence-electron chi connectivity index (χ2n) is 5.45.